The van der Waals surface area contributed by atoms with Crippen LogP contribution in [0.4, 0.5) is 0 Å². The number of hydrogen-bond donors (Lipinski definition) is 4. The molecule has 0 aliphatic carbocycles. The van der Waals surface area contributed by atoms with Crippen molar-refractivity contribution in [3.63, 3.8) is 0 Å². The average Bonchev–Trinajstić information content (AvgIpc) is 2.56. The Balaban J connectivity index is 4.31. The molecule has 9 nitrogen and oxygen atoms in total. The summed E-state index contributed by atoms with van der Waals surface area (Å²) < 4.78 is 32.1. The first kappa shape index (κ1) is 23.4. The van der Waals surface area contributed by atoms with E-state index in [2.05, 4.69) is 15.3 Å². The SMILES string of the molecule is CCCCCCCCOS(=O)(=O)O[C@@H](C=O)[C@@H](O)[C@H](O)[C@H](O)CO. The van der Waals surface area contributed by atoms with Crippen LogP contribution in [0.15, 0.2) is 0 Å². The molecule has 4 atom stereocenters. The van der Waals surface area contributed by atoms with E-state index in [0.29, 0.717) is 6.42 Å². The number of aliphatic hydroxyl groups is 4. The number of hydrogen-bond acceptors (Lipinski definition) is 9. The van der Waals surface area contributed by atoms with Gasteiger partial charge in [-0.2, -0.15) is 8.42 Å². The van der Waals surface area contributed by atoms with Gasteiger partial charge in [0.2, 0.25) is 0 Å². The van der Waals surface area contributed by atoms with E-state index in [1.807, 2.05) is 0 Å². The Bertz CT molecular complexity index is 426. The van der Waals surface area contributed by atoms with Crippen LogP contribution in [0.3, 0.4) is 0 Å². The number of carbonyl (C=O) groups excluding carboxylic acids is 1. The van der Waals surface area contributed by atoms with Gasteiger partial charge in [0, 0.05) is 0 Å². The molecule has 10 heteroatoms. The molecule has 0 aliphatic rings. The van der Waals surface area contributed by atoms with Crippen molar-refractivity contribution in [3.05, 3.63) is 0 Å². The summed E-state index contributed by atoms with van der Waals surface area (Å²) >= 11 is 0. The lowest BCUT2D eigenvalue weighted by Crippen LogP contribution is -2.48. The lowest BCUT2D eigenvalue weighted by Gasteiger charge is -2.24. The predicted octanol–water partition coefficient (Wildman–Crippen LogP) is -0.733. The van der Waals surface area contributed by atoms with Gasteiger partial charge in [0.05, 0.1) is 13.2 Å². The van der Waals surface area contributed by atoms with Crippen LogP contribution in [0, 0.1) is 0 Å². The lowest BCUT2D eigenvalue weighted by molar-refractivity contribution is -0.133. The Hall–Kier alpha value is -0.620. The fourth-order valence-corrected chi connectivity index (χ4v) is 2.71. The molecule has 144 valence electrons. The van der Waals surface area contributed by atoms with Crippen molar-refractivity contribution >= 4 is 16.7 Å². The third-order valence-electron chi connectivity index (χ3n) is 3.36. The molecule has 0 saturated carbocycles. The van der Waals surface area contributed by atoms with Crippen molar-refractivity contribution in [2.75, 3.05) is 13.2 Å². The largest absolute Gasteiger partial charge is 0.400 e. The van der Waals surface area contributed by atoms with Crippen LogP contribution in [0.1, 0.15) is 45.4 Å². The Labute approximate surface area is 142 Å². The van der Waals surface area contributed by atoms with Crippen molar-refractivity contribution in [2.45, 2.75) is 69.9 Å². The lowest BCUT2D eigenvalue weighted by atomic mass is 10.0. The maximum Gasteiger partial charge on any atom is 0.400 e. The molecule has 0 saturated heterocycles. The van der Waals surface area contributed by atoms with Crippen LogP contribution in [-0.4, -0.2) is 72.8 Å². The topological polar surface area (TPSA) is 151 Å². The normalized spacial score (nSPS) is 17.2. The van der Waals surface area contributed by atoms with E-state index in [1.54, 1.807) is 0 Å². The predicted molar refractivity (Wildman–Crippen MR) is 84.3 cm³/mol. The smallest absolute Gasteiger partial charge is 0.394 e. The first-order valence-corrected chi connectivity index (χ1v) is 9.30. The molecule has 0 heterocycles. The highest BCUT2D eigenvalue weighted by molar-refractivity contribution is 7.81. The van der Waals surface area contributed by atoms with Crippen LogP contribution in [0.2, 0.25) is 0 Å². The second kappa shape index (κ2) is 12.7. The molecule has 0 radical (unpaired) electrons. The van der Waals surface area contributed by atoms with Crippen LogP contribution < -0.4 is 0 Å². The van der Waals surface area contributed by atoms with Crippen LogP contribution in [0.25, 0.3) is 0 Å². The molecule has 0 aromatic rings. The van der Waals surface area contributed by atoms with E-state index in [9.17, 15) is 28.5 Å². The molecule has 0 rings (SSSR count). The number of carbonyl (C=O) groups is 1. The average molecular weight is 372 g/mol. The van der Waals surface area contributed by atoms with Gasteiger partial charge in [0.15, 0.2) is 12.4 Å². The summed E-state index contributed by atoms with van der Waals surface area (Å²) in [5, 5.41) is 37.0. The van der Waals surface area contributed by atoms with E-state index < -0.39 is 41.4 Å². The summed E-state index contributed by atoms with van der Waals surface area (Å²) in [5.41, 5.74) is 0. The van der Waals surface area contributed by atoms with E-state index in [1.165, 1.54) is 0 Å². The van der Waals surface area contributed by atoms with Gasteiger partial charge in [-0.05, 0) is 6.42 Å². The molecule has 0 spiro atoms. The third-order valence-corrected chi connectivity index (χ3v) is 4.27. The van der Waals surface area contributed by atoms with Gasteiger partial charge in [0.25, 0.3) is 0 Å². The fraction of sp³-hybridized carbons (Fsp3) is 0.929. The quantitative estimate of drug-likeness (QED) is 0.215. The molecule has 0 aliphatic heterocycles. The minimum absolute atomic E-state index is 0.0381. The van der Waals surface area contributed by atoms with Gasteiger partial charge in [-0.1, -0.05) is 39.0 Å². The molecule has 0 fully saturated rings. The second-order valence-corrected chi connectivity index (χ2v) is 6.67. The first-order chi connectivity index (χ1) is 11.3. The molecular weight excluding hydrogens is 344 g/mol. The zero-order valence-corrected chi connectivity index (χ0v) is 14.6. The van der Waals surface area contributed by atoms with Gasteiger partial charge >= 0.3 is 10.4 Å². The highest BCUT2D eigenvalue weighted by atomic mass is 32.3. The maximum atomic E-state index is 11.6. The fourth-order valence-electron chi connectivity index (χ4n) is 1.90. The minimum Gasteiger partial charge on any atom is -0.394 e. The maximum absolute atomic E-state index is 11.6. The molecular formula is C14H28O9S. The van der Waals surface area contributed by atoms with Gasteiger partial charge < -0.3 is 25.2 Å². The monoisotopic (exact) mass is 372 g/mol. The zero-order chi connectivity index (χ0) is 18.6. The Morgan fingerprint density at radius 1 is 1.00 bits per heavy atom. The zero-order valence-electron chi connectivity index (χ0n) is 13.8. The van der Waals surface area contributed by atoms with Crippen molar-refractivity contribution in [1.82, 2.24) is 0 Å². The number of aldehydes is 1. The van der Waals surface area contributed by atoms with Gasteiger partial charge in [-0.3, -0.25) is 0 Å². The molecule has 0 aromatic carbocycles. The Kier molecular flexibility index (Phi) is 12.4. The standard InChI is InChI=1S/C14H28O9S/c1-2-3-4-5-6-7-8-22-24(20,21)23-12(10-16)14(19)13(18)11(17)9-15/h10-15,17-19H,2-9H2,1H3/t11-,12+,13-,14-/m1/s1. The number of aliphatic hydroxyl groups excluding tert-OH is 4. The summed E-state index contributed by atoms with van der Waals surface area (Å²) in [5.74, 6) is 0. The summed E-state index contributed by atoms with van der Waals surface area (Å²) in [6.07, 6.45) is -2.24. The van der Waals surface area contributed by atoms with Crippen LogP contribution in [0.5, 0.6) is 0 Å². The van der Waals surface area contributed by atoms with Crippen molar-refractivity contribution < 1.29 is 42.0 Å². The Morgan fingerprint density at radius 3 is 2.12 bits per heavy atom. The highest BCUT2D eigenvalue weighted by Crippen LogP contribution is 2.12. The summed E-state index contributed by atoms with van der Waals surface area (Å²) in [4.78, 5) is 10.9. The second-order valence-electron chi connectivity index (χ2n) is 5.43. The molecule has 0 aromatic heterocycles. The van der Waals surface area contributed by atoms with Crippen molar-refractivity contribution in [2.24, 2.45) is 0 Å². The van der Waals surface area contributed by atoms with Crippen molar-refractivity contribution in [3.8, 4) is 0 Å². The Morgan fingerprint density at radius 2 is 1.58 bits per heavy atom. The van der Waals surface area contributed by atoms with E-state index in [0.717, 1.165) is 32.1 Å². The molecule has 24 heavy (non-hydrogen) atoms. The van der Waals surface area contributed by atoms with Crippen LogP contribution >= 0.6 is 0 Å². The van der Waals surface area contributed by atoms with Crippen LogP contribution in [-0.2, 0) is 23.6 Å². The molecule has 0 unspecified atom stereocenters. The molecule has 0 bridgehead atoms. The van der Waals surface area contributed by atoms with Gasteiger partial charge in [0.1, 0.15) is 18.3 Å². The van der Waals surface area contributed by atoms with E-state index in [4.69, 9.17) is 5.11 Å². The van der Waals surface area contributed by atoms with E-state index >= 15 is 0 Å². The summed E-state index contributed by atoms with van der Waals surface area (Å²) in [7, 11) is -4.55. The first-order valence-electron chi connectivity index (χ1n) is 7.97. The third kappa shape index (κ3) is 9.62. The number of unbranched alkanes of at least 4 members (excludes halogenated alkanes) is 5. The molecule has 0 amide bonds. The van der Waals surface area contributed by atoms with Crippen molar-refractivity contribution in [1.29, 1.82) is 0 Å². The van der Waals surface area contributed by atoms with Gasteiger partial charge in [-0.25, -0.2) is 8.37 Å². The number of rotatable bonds is 15. The summed E-state index contributed by atoms with van der Waals surface area (Å²) in [6, 6.07) is 0. The summed E-state index contributed by atoms with van der Waals surface area (Å²) in [6.45, 7) is 1.07. The van der Waals surface area contributed by atoms with E-state index in [-0.39, 0.29) is 12.9 Å². The minimum atomic E-state index is -4.55. The van der Waals surface area contributed by atoms with Gasteiger partial charge in [-0.15, -0.1) is 0 Å². The highest BCUT2D eigenvalue weighted by Gasteiger charge is 2.35. The molecule has 4 N–H and O–H groups in total.